The van der Waals surface area contributed by atoms with Crippen molar-refractivity contribution in [3.63, 3.8) is 0 Å². The van der Waals surface area contributed by atoms with E-state index in [1.54, 1.807) is 0 Å². The molecule has 1 atom stereocenters. The quantitative estimate of drug-likeness (QED) is 0.692. The second-order valence-electron chi connectivity index (χ2n) is 8.56. The van der Waals surface area contributed by atoms with Crippen LogP contribution in [0.5, 0.6) is 0 Å². The lowest BCUT2D eigenvalue weighted by atomic mass is 9.77. The van der Waals surface area contributed by atoms with Gasteiger partial charge in [0.05, 0.1) is 19.8 Å². The number of nitrogens with one attached hydrogen (secondary N) is 2. The summed E-state index contributed by atoms with van der Waals surface area (Å²) in [6.45, 7) is 19.3. The van der Waals surface area contributed by atoms with Crippen LogP contribution in [-0.2, 0) is 9.47 Å². The van der Waals surface area contributed by atoms with Gasteiger partial charge in [-0.3, -0.25) is 0 Å². The van der Waals surface area contributed by atoms with Gasteiger partial charge in [0, 0.05) is 24.0 Å². The van der Waals surface area contributed by atoms with E-state index in [1.165, 1.54) is 58.3 Å². The number of ether oxygens (including phenoxy) is 2. The third-order valence-corrected chi connectivity index (χ3v) is 5.23. The van der Waals surface area contributed by atoms with Crippen molar-refractivity contribution in [2.75, 3.05) is 52.6 Å². The fourth-order valence-corrected chi connectivity index (χ4v) is 3.65. The molecular formula is C21H44N2O2. The standard InChI is InChI=1S/C8H15NO.C7H13NO.C4H10.C2H6/c1-2-8(6-9-4-1)3-5-10-7-8;1-3-8-4-2-7(1)5-9-6-7;1-4(2)3;1-2/h9H,1-7H2;8H,1-6H2;4H,1-3H3;1-2H3. The summed E-state index contributed by atoms with van der Waals surface area (Å²) in [4.78, 5) is 0. The summed E-state index contributed by atoms with van der Waals surface area (Å²) in [5, 5.41) is 6.79. The summed E-state index contributed by atoms with van der Waals surface area (Å²) >= 11 is 0. The molecule has 0 aliphatic carbocycles. The normalized spacial score (nSPS) is 29.5. The van der Waals surface area contributed by atoms with Gasteiger partial charge >= 0.3 is 0 Å². The minimum Gasteiger partial charge on any atom is -0.381 e. The van der Waals surface area contributed by atoms with E-state index < -0.39 is 0 Å². The van der Waals surface area contributed by atoms with Crippen molar-refractivity contribution in [1.29, 1.82) is 0 Å². The molecular weight excluding hydrogens is 312 g/mol. The van der Waals surface area contributed by atoms with Crippen molar-refractivity contribution >= 4 is 0 Å². The summed E-state index contributed by atoms with van der Waals surface area (Å²) in [6, 6.07) is 0. The van der Waals surface area contributed by atoms with Crippen molar-refractivity contribution in [3.05, 3.63) is 0 Å². The average molecular weight is 357 g/mol. The summed E-state index contributed by atoms with van der Waals surface area (Å²) in [6.07, 6.45) is 6.64. The van der Waals surface area contributed by atoms with Gasteiger partial charge in [-0.2, -0.15) is 0 Å². The molecule has 4 rings (SSSR count). The first-order chi connectivity index (χ1) is 12.1. The lowest BCUT2D eigenvalue weighted by molar-refractivity contribution is -0.127. The molecule has 4 saturated heterocycles. The molecule has 0 amide bonds. The Labute approximate surface area is 156 Å². The number of hydrogen-bond donors (Lipinski definition) is 2. The molecule has 4 aliphatic rings. The third kappa shape index (κ3) is 8.38. The average Bonchev–Trinajstić information content (AvgIpc) is 3.05. The van der Waals surface area contributed by atoms with Gasteiger partial charge in [0.2, 0.25) is 0 Å². The molecule has 4 heteroatoms. The van der Waals surface area contributed by atoms with E-state index in [0.29, 0.717) is 10.8 Å². The topological polar surface area (TPSA) is 42.5 Å². The van der Waals surface area contributed by atoms with E-state index in [0.717, 1.165) is 32.3 Å². The molecule has 0 bridgehead atoms. The summed E-state index contributed by atoms with van der Waals surface area (Å²) < 4.78 is 10.6. The van der Waals surface area contributed by atoms with Crippen LogP contribution in [0.1, 0.15) is 66.7 Å². The Morgan fingerprint density at radius 2 is 1.32 bits per heavy atom. The molecule has 150 valence electrons. The molecule has 0 aromatic rings. The smallest absolute Gasteiger partial charge is 0.0545 e. The van der Waals surface area contributed by atoms with E-state index >= 15 is 0 Å². The maximum Gasteiger partial charge on any atom is 0.0545 e. The van der Waals surface area contributed by atoms with E-state index in [-0.39, 0.29) is 0 Å². The first-order valence-corrected chi connectivity index (χ1v) is 10.6. The van der Waals surface area contributed by atoms with Gasteiger partial charge < -0.3 is 20.1 Å². The highest BCUT2D eigenvalue weighted by molar-refractivity contribution is 4.89. The second-order valence-corrected chi connectivity index (χ2v) is 8.56. The van der Waals surface area contributed by atoms with Crippen molar-refractivity contribution in [1.82, 2.24) is 10.6 Å². The van der Waals surface area contributed by atoms with Crippen LogP contribution in [0.15, 0.2) is 0 Å². The summed E-state index contributed by atoms with van der Waals surface area (Å²) in [5.74, 6) is 0.833. The highest BCUT2D eigenvalue weighted by Crippen LogP contribution is 2.36. The van der Waals surface area contributed by atoms with Crippen LogP contribution < -0.4 is 10.6 Å². The molecule has 25 heavy (non-hydrogen) atoms. The zero-order valence-electron chi connectivity index (χ0n) is 17.6. The Bertz CT molecular complexity index is 305. The number of rotatable bonds is 0. The third-order valence-electron chi connectivity index (χ3n) is 5.23. The largest absolute Gasteiger partial charge is 0.381 e. The van der Waals surface area contributed by atoms with E-state index in [1.807, 2.05) is 13.8 Å². The van der Waals surface area contributed by atoms with Crippen molar-refractivity contribution < 1.29 is 9.47 Å². The summed E-state index contributed by atoms with van der Waals surface area (Å²) in [7, 11) is 0. The van der Waals surface area contributed by atoms with Crippen LogP contribution in [0.4, 0.5) is 0 Å². The van der Waals surface area contributed by atoms with Gasteiger partial charge in [-0.1, -0.05) is 34.6 Å². The lowest BCUT2D eigenvalue weighted by Gasteiger charge is -2.44. The molecule has 1 unspecified atom stereocenters. The van der Waals surface area contributed by atoms with Gasteiger partial charge in [-0.15, -0.1) is 0 Å². The van der Waals surface area contributed by atoms with Crippen LogP contribution in [0.25, 0.3) is 0 Å². The first-order valence-electron chi connectivity index (χ1n) is 10.6. The predicted octanol–water partition coefficient (Wildman–Crippen LogP) is 3.85. The Morgan fingerprint density at radius 3 is 1.68 bits per heavy atom. The van der Waals surface area contributed by atoms with Crippen LogP contribution in [0.2, 0.25) is 0 Å². The van der Waals surface area contributed by atoms with Crippen molar-refractivity contribution in [3.8, 4) is 0 Å². The lowest BCUT2D eigenvalue weighted by Crippen LogP contribution is -2.49. The van der Waals surface area contributed by atoms with Gasteiger partial charge in [-0.25, -0.2) is 0 Å². The molecule has 4 aliphatic heterocycles. The Kier molecular flexibility index (Phi) is 11.2. The van der Waals surface area contributed by atoms with Crippen LogP contribution >= 0.6 is 0 Å². The SMILES string of the molecule is C1CC2(CCN1)COC2.C1CNCC2(C1)CCOC2.CC.CC(C)C. The van der Waals surface area contributed by atoms with Crippen molar-refractivity contribution in [2.45, 2.75) is 66.7 Å². The molecule has 2 N–H and O–H groups in total. The Hall–Kier alpha value is -0.160. The molecule has 4 fully saturated rings. The molecule has 0 aromatic carbocycles. The number of hydrogen-bond acceptors (Lipinski definition) is 4. The zero-order valence-corrected chi connectivity index (χ0v) is 17.6. The molecule has 0 saturated carbocycles. The molecule has 2 spiro atoms. The van der Waals surface area contributed by atoms with Gasteiger partial charge in [0.1, 0.15) is 0 Å². The fourth-order valence-electron chi connectivity index (χ4n) is 3.65. The van der Waals surface area contributed by atoms with E-state index in [2.05, 4.69) is 31.4 Å². The van der Waals surface area contributed by atoms with Crippen LogP contribution in [0.3, 0.4) is 0 Å². The Balaban J connectivity index is 0.000000193. The van der Waals surface area contributed by atoms with Gasteiger partial charge in [-0.05, 0) is 57.7 Å². The van der Waals surface area contributed by atoms with Crippen LogP contribution in [-0.4, -0.2) is 52.6 Å². The minimum atomic E-state index is 0.540. The van der Waals surface area contributed by atoms with Gasteiger partial charge in [0.15, 0.2) is 0 Å². The Morgan fingerprint density at radius 1 is 0.720 bits per heavy atom. The van der Waals surface area contributed by atoms with Gasteiger partial charge in [0.25, 0.3) is 0 Å². The molecule has 4 nitrogen and oxygen atoms in total. The second kappa shape index (κ2) is 12.3. The van der Waals surface area contributed by atoms with Crippen molar-refractivity contribution in [2.24, 2.45) is 16.7 Å². The molecule has 4 heterocycles. The zero-order chi connectivity index (χ0) is 18.6. The van der Waals surface area contributed by atoms with Crippen LogP contribution in [0, 0.1) is 16.7 Å². The summed E-state index contributed by atoms with van der Waals surface area (Å²) in [5.41, 5.74) is 1.16. The van der Waals surface area contributed by atoms with E-state index in [9.17, 15) is 0 Å². The molecule has 0 radical (unpaired) electrons. The van der Waals surface area contributed by atoms with E-state index in [4.69, 9.17) is 9.47 Å². The minimum absolute atomic E-state index is 0.540. The maximum absolute atomic E-state index is 5.40. The highest BCUT2D eigenvalue weighted by Gasteiger charge is 2.39. The first kappa shape index (κ1) is 22.9. The molecule has 0 aromatic heterocycles. The maximum atomic E-state index is 5.40. The fraction of sp³-hybridized carbons (Fsp3) is 1.00. The predicted molar refractivity (Wildman–Crippen MR) is 107 cm³/mol. The number of piperidine rings is 2. The highest BCUT2D eigenvalue weighted by atomic mass is 16.5. The monoisotopic (exact) mass is 356 g/mol.